The lowest BCUT2D eigenvalue weighted by atomic mass is 9.96. The lowest BCUT2D eigenvalue weighted by Crippen LogP contribution is -2.37. The highest BCUT2D eigenvalue weighted by molar-refractivity contribution is 7.89. The summed E-state index contributed by atoms with van der Waals surface area (Å²) >= 11 is 0. The Balaban J connectivity index is 1.44. The van der Waals surface area contributed by atoms with Gasteiger partial charge >= 0.3 is 0 Å². The maximum atomic E-state index is 12.9. The standard InChI is InChI=1S/C23H28N2O4S/c1-17-13-15-25(16-14-17)30(27,28)20-11-9-18(10-12-20)24-23(26)21-7-2-3-8-22(21)29-19-5-4-6-19/h2-3,7-12,17,19H,4-6,13-16H2,1H3,(H,24,26). The number of hydrogen-bond acceptors (Lipinski definition) is 4. The van der Waals surface area contributed by atoms with Crippen molar-refractivity contribution in [1.82, 2.24) is 4.31 Å². The number of carbonyl (C=O) groups is 1. The van der Waals surface area contributed by atoms with E-state index in [4.69, 9.17) is 4.74 Å². The zero-order valence-electron chi connectivity index (χ0n) is 17.2. The van der Waals surface area contributed by atoms with Crippen molar-refractivity contribution in [3.8, 4) is 5.75 Å². The number of sulfonamides is 1. The minimum absolute atomic E-state index is 0.182. The number of nitrogens with zero attached hydrogens (tertiary/aromatic N) is 1. The van der Waals surface area contributed by atoms with Gasteiger partial charge in [-0.3, -0.25) is 4.79 Å². The molecule has 0 unspecified atom stereocenters. The third-order valence-corrected chi connectivity index (χ3v) is 7.88. The van der Waals surface area contributed by atoms with E-state index >= 15 is 0 Å². The van der Waals surface area contributed by atoms with Crippen molar-refractivity contribution in [3.05, 3.63) is 54.1 Å². The van der Waals surface area contributed by atoms with Crippen molar-refractivity contribution < 1.29 is 17.9 Å². The molecule has 1 saturated carbocycles. The first-order valence-electron chi connectivity index (χ1n) is 10.6. The van der Waals surface area contributed by atoms with Crippen LogP contribution in [0.5, 0.6) is 5.75 Å². The Labute approximate surface area is 178 Å². The molecule has 2 aromatic rings. The summed E-state index contributed by atoms with van der Waals surface area (Å²) in [5.74, 6) is 0.869. The summed E-state index contributed by atoms with van der Waals surface area (Å²) in [7, 11) is -3.50. The Morgan fingerprint density at radius 3 is 2.30 bits per heavy atom. The van der Waals surface area contributed by atoms with E-state index in [1.54, 1.807) is 40.7 Å². The van der Waals surface area contributed by atoms with Crippen LogP contribution in [0.2, 0.25) is 0 Å². The second-order valence-electron chi connectivity index (χ2n) is 8.23. The molecule has 0 spiro atoms. The summed E-state index contributed by atoms with van der Waals surface area (Å²) < 4.78 is 33.2. The molecule has 160 valence electrons. The molecule has 0 radical (unpaired) electrons. The quantitative estimate of drug-likeness (QED) is 0.745. The maximum Gasteiger partial charge on any atom is 0.259 e. The average molecular weight is 429 g/mol. The lowest BCUT2D eigenvalue weighted by Gasteiger charge is -2.29. The van der Waals surface area contributed by atoms with Gasteiger partial charge in [-0.2, -0.15) is 4.31 Å². The Bertz CT molecular complexity index is 992. The molecule has 2 fully saturated rings. The Morgan fingerprint density at radius 2 is 1.67 bits per heavy atom. The van der Waals surface area contributed by atoms with Crippen LogP contribution in [-0.4, -0.2) is 37.8 Å². The predicted octanol–water partition coefficient (Wildman–Crippen LogP) is 4.29. The number of hydrogen-bond donors (Lipinski definition) is 1. The fourth-order valence-electron chi connectivity index (χ4n) is 3.71. The van der Waals surface area contributed by atoms with E-state index in [1.807, 2.05) is 12.1 Å². The number of benzene rings is 2. The van der Waals surface area contributed by atoms with Gasteiger partial charge in [-0.05, 0) is 74.4 Å². The van der Waals surface area contributed by atoms with Crippen LogP contribution >= 0.6 is 0 Å². The fourth-order valence-corrected chi connectivity index (χ4v) is 5.18. The monoisotopic (exact) mass is 428 g/mol. The van der Waals surface area contributed by atoms with Gasteiger partial charge < -0.3 is 10.1 Å². The molecule has 30 heavy (non-hydrogen) atoms. The molecular formula is C23H28N2O4S. The van der Waals surface area contributed by atoms with Crippen LogP contribution in [0.15, 0.2) is 53.4 Å². The second-order valence-corrected chi connectivity index (χ2v) is 10.2. The van der Waals surface area contributed by atoms with Crippen molar-refractivity contribution >= 4 is 21.6 Å². The smallest absolute Gasteiger partial charge is 0.259 e. The minimum atomic E-state index is -3.50. The van der Waals surface area contributed by atoms with Crippen LogP contribution in [-0.2, 0) is 10.0 Å². The highest BCUT2D eigenvalue weighted by atomic mass is 32.2. The molecular weight excluding hydrogens is 400 g/mol. The van der Waals surface area contributed by atoms with Gasteiger partial charge in [-0.1, -0.05) is 19.1 Å². The third-order valence-electron chi connectivity index (χ3n) is 5.97. The molecule has 1 heterocycles. The summed E-state index contributed by atoms with van der Waals surface area (Å²) in [6.07, 6.45) is 5.14. The number of rotatable bonds is 6. The van der Waals surface area contributed by atoms with Crippen molar-refractivity contribution in [1.29, 1.82) is 0 Å². The van der Waals surface area contributed by atoms with Gasteiger partial charge in [0.15, 0.2) is 0 Å². The van der Waals surface area contributed by atoms with Gasteiger partial charge in [0.05, 0.1) is 16.6 Å². The van der Waals surface area contributed by atoms with Gasteiger partial charge in [0.1, 0.15) is 5.75 Å². The normalized spacial score (nSPS) is 18.6. The lowest BCUT2D eigenvalue weighted by molar-refractivity contribution is 0.0992. The van der Waals surface area contributed by atoms with Crippen molar-refractivity contribution in [2.75, 3.05) is 18.4 Å². The summed E-state index contributed by atoms with van der Waals surface area (Å²) in [6, 6.07) is 13.6. The number of carbonyl (C=O) groups excluding carboxylic acids is 1. The molecule has 7 heteroatoms. The van der Waals surface area contributed by atoms with Crippen molar-refractivity contribution in [2.45, 2.75) is 50.0 Å². The summed E-state index contributed by atoms with van der Waals surface area (Å²) in [6.45, 7) is 3.26. The summed E-state index contributed by atoms with van der Waals surface area (Å²) in [5.41, 5.74) is 1.02. The fraction of sp³-hybridized carbons (Fsp3) is 0.435. The Morgan fingerprint density at radius 1 is 1.00 bits per heavy atom. The molecule has 1 N–H and O–H groups in total. The number of amides is 1. The molecule has 1 amide bonds. The highest BCUT2D eigenvalue weighted by Crippen LogP contribution is 2.28. The number of piperidine rings is 1. The number of ether oxygens (including phenoxy) is 1. The molecule has 1 aliphatic carbocycles. The molecule has 0 bridgehead atoms. The van der Waals surface area contributed by atoms with E-state index in [-0.39, 0.29) is 16.9 Å². The predicted molar refractivity (Wildman–Crippen MR) is 116 cm³/mol. The van der Waals surface area contributed by atoms with Gasteiger partial charge in [0.25, 0.3) is 5.91 Å². The Hall–Kier alpha value is -2.38. The van der Waals surface area contributed by atoms with Crippen molar-refractivity contribution in [3.63, 3.8) is 0 Å². The molecule has 1 aliphatic heterocycles. The van der Waals surface area contributed by atoms with Gasteiger partial charge in [-0.25, -0.2) is 8.42 Å². The second kappa shape index (κ2) is 8.78. The number of nitrogens with one attached hydrogen (secondary N) is 1. The molecule has 2 aromatic carbocycles. The third kappa shape index (κ3) is 4.52. The molecule has 4 rings (SSSR count). The van der Waals surface area contributed by atoms with E-state index in [1.165, 1.54) is 0 Å². The van der Waals surface area contributed by atoms with Gasteiger partial charge in [0.2, 0.25) is 10.0 Å². The first-order valence-corrected chi connectivity index (χ1v) is 12.0. The van der Waals surface area contributed by atoms with Crippen LogP contribution in [0.25, 0.3) is 0 Å². The van der Waals surface area contributed by atoms with E-state index in [2.05, 4.69) is 12.2 Å². The van der Waals surface area contributed by atoms with Crippen LogP contribution in [0.4, 0.5) is 5.69 Å². The SMILES string of the molecule is CC1CCN(S(=O)(=O)c2ccc(NC(=O)c3ccccc3OC3CCC3)cc2)CC1. The molecule has 6 nitrogen and oxygen atoms in total. The van der Waals surface area contributed by atoms with Crippen LogP contribution in [0.3, 0.4) is 0 Å². The van der Waals surface area contributed by atoms with Gasteiger partial charge in [0, 0.05) is 18.8 Å². The van der Waals surface area contributed by atoms with Crippen LogP contribution < -0.4 is 10.1 Å². The molecule has 2 aliphatic rings. The zero-order chi connectivity index (χ0) is 21.1. The Kier molecular flexibility index (Phi) is 6.11. The molecule has 0 atom stereocenters. The van der Waals surface area contributed by atoms with Gasteiger partial charge in [-0.15, -0.1) is 0 Å². The topological polar surface area (TPSA) is 75.7 Å². The average Bonchev–Trinajstić information content (AvgIpc) is 2.72. The summed E-state index contributed by atoms with van der Waals surface area (Å²) in [5, 5.41) is 2.84. The maximum absolute atomic E-state index is 12.9. The minimum Gasteiger partial charge on any atom is -0.490 e. The number of para-hydroxylation sites is 1. The number of anilines is 1. The summed E-state index contributed by atoms with van der Waals surface area (Å²) in [4.78, 5) is 13.0. The molecule has 1 saturated heterocycles. The van der Waals surface area contributed by atoms with E-state index in [0.29, 0.717) is 36.0 Å². The first-order chi connectivity index (χ1) is 14.4. The molecule has 0 aromatic heterocycles. The van der Waals surface area contributed by atoms with Crippen LogP contribution in [0.1, 0.15) is 49.4 Å². The zero-order valence-corrected chi connectivity index (χ0v) is 18.0. The largest absolute Gasteiger partial charge is 0.490 e. The highest BCUT2D eigenvalue weighted by Gasteiger charge is 2.28. The van der Waals surface area contributed by atoms with Crippen molar-refractivity contribution in [2.24, 2.45) is 5.92 Å². The van der Waals surface area contributed by atoms with E-state index in [0.717, 1.165) is 32.1 Å². The van der Waals surface area contributed by atoms with E-state index in [9.17, 15) is 13.2 Å². The van der Waals surface area contributed by atoms with E-state index < -0.39 is 10.0 Å². The van der Waals surface area contributed by atoms with Crippen LogP contribution in [0, 0.1) is 5.92 Å². The first kappa shape index (κ1) is 20.9.